The highest BCUT2D eigenvalue weighted by atomic mass is 16.7. The minimum Gasteiger partial charge on any atom is -0.462 e. The molecule has 0 fully saturated rings. The fourth-order valence-corrected chi connectivity index (χ4v) is 3.12. The molecule has 0 aliphatic rings. The Morgan fingerprint density at radius 1 is 0.897 bits per heavy atom. The average molecular weight is 414 g/mol. The first-order valence-electron chi connectivity index (χ1n) is 11.4. The summed E-state index contributed by atoms with van der Waals surface area (Å²) in [4.78, 5) is 27.6. The van der Waals surface area contributed by atoms with Crippen LogP contribution in [0.15, 0.2) is 12.7 Å². The number of hydrogen-bond donors (Lipinski definition) is 1. The summed E-state index contributed by atoms with van der Waals surface area (Å²) in [6.45, 7) is 7.48. The standard InChI is InChI=1S/C23H45N2O4/c1-5-7-8-9-10-11-12-13-14-15-16-17-20-28-23(27)21-25(3,4)19-18-24-29-22(26)6-2/h6,24H,2,5,7-21H2,1,3-4H3/q+1. The fraction of sp³-hybridized carbons (Fsp3) is 0.826. The smallest absolute Gasteiger partial charge is 0.361 e. The topological polar surface area (TPSA) is 64.6 Å². The van der Waals surface area contributed by atoms with E-state index in [0.717, 1.165) is 18.9 Å². The molecular formula is C23H45N2O4+. The fourth-order valence-electron chi connectivity index (χ4n) is 3.12. The molecule has 0 aliphatic heterocycles. The first kappa shape index (κ1) is 27.6. The van der Waals surface area contributed by atoms with Gasteiger partial charge in [0.2, 0.25) is 0 Å². The van der Waals surface area contributed by atoms with Crippen LogP contribution in [-0.2, 0) is 19.2 Å². The van der Waals surface area contributed by atoms with Gasteiger partial charge in [-0.3, -0.25) is 0 Å². The van der Waals surface area contributed by atoms with Crippen molar-refractivity contribution in [2.45, 2.75) is 84.0 Å². The summed E-state index contributed by atoms with van der Waals surface area (Å²) in [5.41, 5.74) is 2.57. The van der Waals surface area contributed by atoms with Gasteiger partial charge >= 0.3 is 11.9 Å². The molecule has 0 heterocycles. The van der Waals surface area contributed by atoms with Crippen LogP contribution in [0, 0.1) is 0 Å². The molecule has 0 bridgehead atoms. The summed E-state index contributed by atoms with van der Waals surface area (Å²) in [5, 5.41) is 0. The van der Waals surface area contributed by atoms with Crippen molar-refractivity contribution in [2.75, 3.05) is 40.3 Å². The quantitative estimate of drug-likeness (QED) is 0.104. The van der Waals surface area contributed by atoms with E-state index in [9.17, 15) is 9.59 Å². The van der Waals surface area contributed by atoms with E-state index in [1.165, 1.54) is 64.2 Å². The lowest BCUT2D eigenvalue weighted by Crippen LogP contribution is -2.48. The van der Waals surface area contributed by atoms with Crippen molar-refractivity contribution >= 4 is 11.9 Å². The van der Waals surface area contributed by atoms with Gasteiger partial charge in [0, 0.05) is 6.08 Å². The molecule has 0 rings (SSSR count). The second-order valence-corrected chi connectivity index (χ2v) is 8.45. The summed E-state index contributed by atoms with van der Waals surface area (Å²) < 4.78 is 5.83. The molecule has 6 nitrogen and oxygen atoms in total. The first-order chi connectivity index (χ1) is 13.9. The minimum atomic E-state index is -0.517. The molecule has 6 heteroatoms. The number of quaternary nitrogens is 1. The number of hydroxylamine groups is 1. The Kier molecular flexibility index (Phi) is 17.7. The zero-order valence-corrected chi connectivity index (χ0v) is 19.2. The number of rotatable bonds is 20. The normalized spacial score (nSPS) is 11.3. The van der Waals surface area contributed by atoms with E-state index in [2.05, 4.69) is 19.0 Å². The highest BCUT2D eigenvalue weighted by molar-refractivity contribution is 5.80. The van der Waals surface area contributed by atoms with Crippen molar-refractivity contribution in [3.63, 3.8) is 0 Å². The van der Waals surface area contributed by atoms with Crippen molar-refractivity contribution < 1.29 is 23.6 Å². The van der Waals surface area contributed by atoms with Crippen LogP contribution in [0.2, 0.25) is 0 Å². The van der Waals surface area contributed by atoms with Crippen LogP contribution >= 0.6 is 0 Å². The number of nitrogens with zero attached hydrogens (tertiary/aromatic N) is 1. The van der Waals surface area contributed by atoms with Gasteiger partial charge in [0.05, 0.1) is 33.8 Å². The molecule has 0 aromatic carbocycles. The monoisotopic (exact) mass is 413 g/mol. The van der Waals surface area contributed by atoms with E-state index in [1.807, 2.05) is 14.1 Å². The Bertz CT molecular complexity index is 439. The van der Waals surface area contributed by atoms with Gasteiger partial charge in [-0.15, -0.1) is 5.48 Å². The van der Waals surface area contributed by atoms with Crippen molar-refractivity contribution in [2.24, 2.45) is 0 Å². The highest BCUT2D eigenvalue weighted by Gasteiger charge is 2.20. The largest absolute Gasteiger partial charge is 0.462 e. The third-order valence-electron chi connectivity index (χ3n) is 4.98. The van der Waals surface area contributed by atoms with Crippen LogP contribution < -0.4 is 5.48 Å². The van der Waals surface area contributed by atoms with Gasteiger partial charge in [-0.05, 0) is 6.42 Å². The zero-order chi connectivity index (χ0) is 21.8. The number of nitrogens with one attached hydrogen (secondary N) is 1. The molecule has 0 aliphatic carbocycles. The van der Waals surface area contributed by atoms with Gasteiger partial charge in [0.15, 0.2) is 6.54 Å². The first-order valence-corrected chi connectivity index (χ1v) is 11.4. The molecule has 0 spiro atoms. The molecule has 0 unspecified atom stereocenters. The van der Waals surface area contributed by atoms with E-state index in [-0.39, 0.29) is 5.97 Å². The van der Waals surface area contributed by atoms with Gasteiger partial charge in [0.25, 0.3) is 0 Å². The molecule has 0 radical (unpaired) electrons. The summed E-state index contributed by atoms with van der Waals surface area (Å²) >= 11 is 0. The van der Waals surface area contributed by atoms with Crippen LogP contribution in [0.3, 0.4) is 0 Å². The van der Waals surface area contributed by atoms with Gasteiger partial charge in [0.1, 0.15) is 0 Å². The number of likely N-dealkylation sites (N-methyl/N-ethyl adjacent to an activating group) is 1. The Hall–Kier alpha value is -1.40. The van der Waals surface area contributed by atoms with Crippen LogP contribution in [0.4, 0.5) is 0 Å². The lowest BCUT2D eigenvalue weighted by atomic mass is 10.1. The molecule has 0 amide bonds. The zero-order valence-electron chi connectivity index (χ0n) is 19.2. The van der Waals surface area contributed by atoms with Crippen molar-refractivity contribution in [3.8, 4) is 0 Å². The van der Waals surface area contributed by atoms with Gasteiger partial charge < -0.3 is 14.1 Å². The second-order valence-electron chi connectivity index (χ2n) is 8.45. The van der Waals surface area contributed by atoms with Crippen molar-refractivity contribution in [1.29, 1.82) is 0 Å². The summed E-state index contributed by atoms with van der Waals surface area (Å²) in [6.07, 6.45) is 16.6. The van der Waals surface area contributed by atoms with E-state index in [0.29, 0.717) is 30.7 Å². The third-order valence-corrected chi connectivity index (χ3v) is 4.98. The van der Waals surface area contributed by atoms with E-state index >= 15 is 0 Å². The Morgan fingerprint density at radius 2 is 1.41 bits per heavy atom. The Labute approximate surface area is 178 Å². The number of carbonyl (C=O) groups is 2. The number of ether oxygens (including phenoxy) is 1. The maximum absolute atomic E-state index is 12.0. The maximum Gasteiger partial charge on any atom is 0.361 e. The second kappa shape index (κ2) is 18.6. The minimum absolute atomic E-state index is 0.179. The summed E-state index contributed by atoms with van der Waals surface area (Å²) in [5.74, 6) is -0.696. The molecule has 0 saturated carbocycles. The molecule has 0 saturated heterocycles. The molecule has 0 atom stereocenters. The lowest BCUT2D eigenvalue weighted by molar-refractivity contribution is -0.882. The SMILES string of the molecule is C=CC(=O)ONCC[N+](C)(C)CC(=O)OCCCCCCCCCCCCCC. The Balaban J connectivity index is 3.50. The van der Waals surface area contributed by atoms with Crippen LogP contribution in [-0.4, -0.2) is 56.8 Å². The van der Waals surface area contributed by atoms with Gasteiger partial charge in [-0.2, -0.15) is 0 Å². The molecule has 170 valence electrons. The summed E-state index contributed by atoms with van der Waals surface area (Å²) in [6, 6.07) is 0. The number of esters is 1. The van der Waals surface area contributed by atoms with Crippen molar-refractivity contribution in [1.82, 2.24) is 5.48 Å². The molecule has 0 aromatic rings. The number of unbranched alkanes of at least 4 members (excludes halogenated alkanes) is 11. The van der Waals surface area contributed by atoms with Crippen LogP contribution in [0.25, 0.3) is 0 Å². The lowest BCUT2D eigenvalue weighted by Gasteiger charge is -2.28. The van der Waals surface area contributed by atoms with E-state index in [4.69, 9.17) is 9.57 Å². The number of hydrogen-bond acceptors (Lipinski definition) is 5. The van der Waals surface area contributed by atoms with Crippen molar-refractivity contribution in [3.05, 3.63) is 12.7 Å². The summed E-state index contributed by atoms with van der Waals surface area (Å²) in [7, 11) is 3.89. The number of carbonyl (C=O) groups excluding carboxylic acids is 2. The predicted octanol–water partition coefficient (Wildman–Crippen LogP) is 4.54. The highest BCUT2D eigenvalue weighted by Crippen LogP contribution is 2.12. The van der Waals surface area contributed by atoms with E-state index < -0.39 is 5.97 Å². The Morgan fingerprint density at radius 3 is 1.93 bits per heavy atom. The van der Waals surface area contributed by atoms with Crippen LogP contribution in [0.1, 0.15) is 84.0 Å². The average Bonchev–Trinajstić information content (AvgIpc) is 2.68. The molecular weight excluding hydrogens is 368 g/mol. The molecule has 29 heavy (non-hydrogen) atoms. The van der Waals surface area contributed by atoms with Gasteiger partial charge in [-0.1, -0.05) is 84.1 Å². The predicted molar refractivity (Wildman–Crippen MR) is 118 cm³/mol. The van der Waals surface area contributed by atoms with Crippen LogP contribution in [0.5, 0.6) is 0 Å². The molecule has 1 N–H and O–H groups in total. The van der Waals surface area contributed by atoms with E-state index in [1.54, 1.807) is 0 Å². The molecule has 0 aromatic heterocycles. The van der Waals surface area contributed by atoms with Gasteiger partial charge in [-0.25, -0.2) is 9.59 Å². The maximum atomic E-state index is 12.0. The third kappa shape index (κ3) is 19.7.